The van der Waals surface area contributed by atoms with Crippen molar-refractivity contribution >= 4 is 46.4 Å². The lowest BCUT2D eigenvalue weighted by Crippen LogP contribution is -2.28. The quantitative estimate of drug-likeness (QED) is 0.146. The van der Waals surface area contributed by atoms with Crippen molar-refractivity contribution in [3.8, 4) is 0 Å². The molecule has 5 aromatic rings. The Balaban J connectivity index is 0.000000306. The zero-order valence-corrected chi connectivity index (χ0v) is 23.7. The maximum absolute atomic E-state index is 12.6. The summed E-state index contributed by atoms with van der Waals surface area (Å²) in [5, 5.41) is 15.8. The highest BCUT2D eigenvalue weighted by Crippen LogP contribution is 2.16. The van der Waals surface area contributed by atoms with Crippen molar-refractivity contribution in [2.24, 2.45) is 24.2 Å². The Kier molecular flexibility index (Phi) is 10.4. The predicted molar refractivity (Wildman–Crippen MR) is 162 cm³/mol. The van der Waals surface area contributed by atoms with E-state index in [1.54, 1.807) is 37.4 Å². The zero-order chi connectivity index (χ0) is 33.0. The molecule has 0 bridgehead atoms. The van der Waals surface area contributed by atoms with Crippen LogP contribution < -0.4 is 28.3 Å². The lowest BCUT2D eigenvalue weighted by molar-refractivity contribution is -0.119. The molecule has 0 saturated carbocycles. The van der Waals surface area contributed by atoms with E-state index in [4.69, 9.17) is 21.6 Å². The number of aromatic carboxylic acids is 1. The molecule has 17 nitrogen and oxygen atoms in total. The molecule has 3 amide bonds. The van der Waals surface area contributed by atoms with Crippen LogP contribution in [0.4, 0.5) is 0 Å². The summed E-state index contributed by atoms with van der Waals surface area (Å²) in [5.41, 5.74) is 17.6. The molecule has 1 atom stereocenters. The van der Waals surface area contributed by atoms with Gasteiger partial charge in [-0.15, -0.1) is 0 Å². The van der Waals surface area contributed by atoms with E-state index in [0.29, 0.717) is 27.8 Å². The van der Waals surface area contributed by atoms with E-state index < -0.39 is 41.5 Å². The average molecular weight is 635 g/mol. The smallest absolute Gasteiger partial charge is 0.419 e. The summed E-state index contributed by atoms with van der Waals surface area (Å²) < 4.78 is 11.8. The van der Waals surface area contributed by atoms with E-state index in [9.17, 15) is 33.9 Å². The van der Waals surface area contributed by atoms with Crippen molar-refractivity contribution in [2.75, 3.05) is 7.11 Å². The molecule has 46 heavy (non-hydrogen) atoms. The van der Waals surface area contributed by atoms with Gasteiger partial charge < -0.3 is 36.8 Å². The van der Waals surface area contributed by atoms with Crippen LogP contribution in [-0.4, -0.2) is 61.0 Å². The summed E-state index contributed by atoms with van der Waals surface area (Å²) in [5.74, 6) is -4.43. The van der Waals surface area contributed by atoms with Gasteiger partial charge in [0.25, 0.3) is 11.8 Å². The molecule has 0 aliphatic rings. The summed E-state index contributed by atoms with van der Waals surface area (Å²) in [4.78, 5) is 73.1. The van der Waals surface area contributed by atoms with Crippen molar-refractivity contribution < 1.29 is 38.2 Å². The summed E-state index contributed by atoms with van der Waals surface area (Å²) in [6.45, 7) is 0.0747. The fourth-order valence-electron chi connectivity index (χ4n) is 4.07. The van der Waals surface area contributed by atoms with Crippen molar-refractivity contribution in [3.63, 3.8) is 0 Å². The van der Waals surface area contributed by atoms with Crippen LogP contribution in [0.25, 0.3) is 16.7 Å². The van der Waals surface area contributed by atoms with E-state index in [0.717, 1.165) is 16.8 Å². The van der Waals surface area contributed by atoms with Crippen LogP contribution in [0, 0.1) is 0 Å². The van der Waals surface area contributed by atoms with Gasteiger partial charge in [-0.3, -0.25) is 19.0 Å². The fourth-order valence-corrected chi connectivity index (χ4v) is 4.07. The third-order valence-corrected chi connectivity index (χ3v) is 6.50. The molecule has 0 fully saturated rings. The number of methoxy groups -OCH3 is 1. The topological polar surface area (TPSA) is 270 Å². The fraction of sp³-hybridized carbons (Fsp3) is 0.172. The highest BCUT2D eigenvalue weighted by atomic mass is 16.5. The molecule has 2 aromatic carbocycles. The number of esters is 1. The standard InChI is InChI=1S/C18H14N6O6.C10H12N2O3.CH4/c1-23-11-4-8(2-3-13(11)30-18(23)29)6-20-16(26)10-5-12(17(27)28)24-15(22-10)9(7-21-24)14(19)25;1-15-10(14)7-4-2-6(3-5-7)8(11)9(12)13;/h2-5,7H,6H2,1H3,(H2,19,25)(H,20,26)(H,27,28);2-5,8H,11H2,1H3,(H2,12,13);1H4/t;8-;/m.1./s1. The van der Waals surface area contributed by atoms with Gasteiger partial charge in [0.05, 0.1) is 24.4 Å². The second kappa shape index (κ2) is 14.0. The van der Waals surface area contributed by atoms with E-state index in [1.807, 2.05) is 0 Å². The number of carbonyl (C=O) groups is 5. The third-order valence-electron chi connectivity index (χ3n) is 6.50. The Labute approximate surface area is 259 Å². The van der Waals surface area contributed by atoms with Crippen molar-refractivity contribution in [1.82, 2.24) is 24.5 Å². The highest BCUT2D eigenvalue weighted by Gasteiger charge is 2.21. The minimum atomic E-state index is -1.36. The number of fused-ring (bicyclic) bond motifs is 2. The molecule has 0 unspecified atom stereocenters. The monoisotopic (exact) mass is 634 g/mol. The number of nitrogens with one attached hydrogen (secondary N) is 1. The van der Waals surface area contributed by atoms with Gasteiger partial charge in [-0.2, -0.15) is 5.10 Å². The Morgan fingerprint density at radius 3 is 2.33 bits per heavy atom. The molecule has 3 heterocycles. The number of carboxylic acid groups (broad SMARTS) is 1. The number of nitrogens with zero attached hydrogens (tertiary/aromatic N) is 4. The molecule has 8 N–H and O–H groups in total. The molecule has 3 aromatic heterocycles. The SMILES string of the molecule is C.COC(=O)c1ccc([C@@H](N)C(N)=O)cc1.Cn1c(=O)oc2ccc(CNC(=O)c3cc(C(=O)O)n4ncc(C(N)=O)c4n3)cc21. The largest absolute Gasteiger partial charge is 0.477 e. The molecule has 0 radical (unpaired) electrons. The number of hydrogen-bond acceptors (Lipinski definition) is 11. The second-order valence-electron chi connectivity index (χ2n) is 9.40. The number of aromatic nitrogens is 4. The van der Waals surface area contributed by atoms with Crippen molar-refractivity contribution in [1.29, 1.82) is 0 Å². The summed E-state index contributed by atoms with van der Waals surface area (Å²) in [6.07, 6.45) is 1.09. The normalized spacial score (nSPS) is 11.1. The van der Waals surface area contributed by atoms with Gasteiger partial charge in [0.1, 0.15) is 17.3 Å². The Morgan fingerprint density at radius 2 is 1.74 bits per heavy atom. The number of primary amides is 2. The molecule has 0 saturated heterocycles. The van der Waals surface area contributed by atoms with E-state index in [2.05, 4.69) is 20.1 Å². The summed E-state index contributed by atoms with van der Waals surface area (Å²) in [6, 6.07) is 11.4. The van der Waals surface area contributed by atoms with Gasteiger partial charge in [-0.1, -0.05) is 25.6 Å². The highest BCUT2D eigenvalue weighted by molar-refractivity contribution is 6.01. The molecular weight excluding hydrogens is 604 g/mol. The number of ether oxygens (including phenoxy) is 1. The summed E-state index contributed by atoms with van der Waals surface area (Å²) >= 11 is 0. The Morgan fingerprint density at radius 1 is 1.07 bits per heavy atom. The van der Waals surface area contributed by atoms with Gasteiger partial charge in [-0.05, 0) is 35.4 Å². The van der Waals surface area contributed by atoms with Crippen LogP contribution in [0.5, 0.6) is 0 Å². The first-order chi connectivity index (χ1) is 21.3. The molecule has 17 heteroatoms. The van der Waals surface area contributed by atoms with Gasteiger partial charge in [0.2, 0.25) is 5.91 Å². The van der Waals surface area contributed by atoms with E-state index >= 15 is 0 Å². The number of aryl methyl sites for hydroxylation is 1. The second-order valence-corrected chi connectivity index (χ2v) is 9.40. The minimum absolute atomic E-state index is 0. The number of oxazole rings is 1. The maximum Gasteiger partial charge on any atom is 0.419 e. The molecule has 0 aliphatic carbocycles. The molecule has 5 rings (SSSR count). The molecule has 0 aliphatic heterocycles. The molecule has 240 valence electrons. The number of carboxylic acids is 1. The first-order valence-electron chi connectivity index (χ1n) is 12.8. The van der Waals surface area contributed by atoms with Crippen molar-refractivity contribution in [3.05, 3.63) is 98.9 Å². The third kappa shape index (κ3) is 7.05. The van der Waals surface area contributed by atoms with E-state index in [-0.39, 0.29) is 36.6 Å². The number of rotatable bonds is 8. The zero-order valence-electron chi connectivity index (χ0n) is 23.7. The first kappa shape index (κ1) is 34.1. The lowest BCUT2D eigenvalue weighted by Gasteiger charge is -2.07. The van der Waals surface area contributed by atoms with Crippen LogP contribution >= 0.6 is 0 Å². The van der Waals surface area contributed by atoms with Crippen molar-refractivity contribution in [2.45, 2.75) is 20.0 Å². The van der Waals surface area contributed by atoms with Crippen LogP contribution in [0.3, 0.4) is 0 Å². The molecular formula is C29H30N8O9. The predicted octanol–water partition coefficient (Wildman–Crippen LogP) is 0.496. The van der Waals surface area contributed by atoms with Crippen LogP contribution in [0.1, 0.15) is 66.3 Å². The average Bonchev–Trinajstić information content (AvgIpc) is 3.59. The molecule has 0 spiro atoms. The summed E-state index contributed by atoms with van der Waals surface area (Å²) in [7, 11) is 2.86. The lowest BCUT2D eigenvalue weighted by atomic mass is 10.1. The number of amides is 3. The minimum Gasteiger partial charge on any atom is -0.477 e. The number of hydrogen-bond donors (Lipinski definition) is 5. The number of benzene rings is 2. The van der Waals surface area contributed by atoms with E-state index in [1.165, 1.54) is 23.8 Å². The van der Waals surface area contributed by atoms with Crippen LogP contribution in [-0.2, 0) is 23.1 Å². The van der Waals surface area contributed by atoms with Gasteiger partial charge in [-0.25, -0.2) is 23.9 Å². The number of nitrogens with two attached hydrogens (primary N) is 3. The van der Waals surface area contributed by atoms with Gasteiger partial charge >= 0.3 is 17.7 Å². The first-order valence-corrected chi connectivity index (χ1v) is 12.8. The Hall–Kier alpha value is -6.36. The van der Waals surface area contributed by atoms with Gasteiger partial charge in [0.15, 0.2) is 16.9 Å². The number of carbonyl (C=O) groups excluding carboxylic acids is 4. The van der Waals surface area contributed by atoms with Crippen LogP contribution in [0.2, 0.25) is 0 Å². The maximum atomic E-state index is 12.6. The van der Waals surface area contributed by atoms with Gasteiger partial charge in [0, 0.05) is 19.7 Å². The van der Waals surface area contributed by atoms with Crippen LogP contribution in [0.15, 0.2) is 63.9 Å². The Bertz CT molecular complexity index is 2030.